The molecule has 2 aromatic rings. The van der Waals surface area contributed by atoms with Crippen LogP contribution in [0.4, 0.5) is 0 Å². The first-order valence-corrected chi connectivity index (χ1v) is 5.96. The molecule has 1 atom stereocenters. The standard InChI is InChI=1S/C12H17N5O/c1-11(3-7-17-6-2-4-14-17)15-12(18)9-16-8-5-13-10-16/h2,4-6,8,10-11H,3,7,9H2,1H3,(H,15,18). The SMILES string of the molecule is CC(CCn1cccn1)NC(=O)Cn1ccnc1. The second kappa shape index (κ2) is 6.00. The average molecular weight is 247 g/mol. The normalized spacial score (nSPS) is 12.3. The van der Waals surface area contributed by atoms with Gasteiger partial charge in [-0.15, -0.1) is 0 Å². The number of aromatic nitrogens is 4. The van der Waals surface area contributed by atoms with Crippen LogP contribution in [0, 0.1) is 0 Å². The minimum atomic E-state index is 0.000894. The molecular formula is C12H17N5O. The molecule has 0 aromatic carbocycles. The van der Waals surface area contributed by atoms with Crippen LogP contribution in [0.2, 0.25) is 0 Å². The quantitative estimate of drug-likeness (QED) is 0.816. The Bertz CT molecular complexity index is 463. The lowest BCUT2D eigenvalue weighted by molar-refractivity contribution is -0.122. The van der Waals surface area contributed by atoms with E-state index in [0.29, 0.717) is 6.54 Å². The van der Waals surface area contributed by atoms with E-state index in [1.807, 2.05) is 23.9 Å². The zero-order valence-electron chi connectivity index (χ0n) is 10.4. The molecule has 18 heavy (non-hydrogen) atoms. The van der Waals surface area contributed by atoms with Crippen LogP contribution in [0.3, 0.4) is 0 Å². The molecule has 0 spiro atoms. The van der Waals surface area contributed by atoms with E-state index < -0.39 is 0 Å². The van der Waals surface area contributed by atoms with Gasteiger partial charge in [-0.3, -0.25) is 9.48 Å². The average Bonchev–Trinajstić information content (AvgIpc) is 2.98. The van der Waals surface area contributed by atoms with Crippen molar-refractivity contribution in [3.05, 3.63) is 37.2 Å². The first-order valence-electron chi connectivity index (χ1n) is 5.96. The molecule has 2 aromatic heterocycles. The number of rotatable bonds is 6. The molecule has 0 saturated carbocycles. The molecule has 0 fully saturated rings. The molecule has 6 nitrogen and oxygen atoms in total. The number of nitrogens with one attached hydrogen (secondary N) is 1. The van der Waals surface area contributed by atoms with Crippen molar-refractivity contribution in [1.29, 1.82) is 0 Å². The summed E-state index contributed by atoms with van der Waals surface area (Å²) in [5.74, 6) is 0.000894. The summed E-state index contributed by atoms with van der Waals surface area (Å²) in [6.07, 6.45) is 9.59. The van der Waals surface area contributed by atoms with E-state index >= 15 is 0 Å². The monoisotopic (exact) mass is 247 g/mol. The third-order valence-corrected chi connectivity index (χ3v) is 2.64. The lowest BCUT2D eigenvalue weighted by Crippen LogP contribution is -2.35. The molecule has 0 bridgehead atoms. The van der Waals surface area contributed by atoms with Crippen molar-refractivity contribution in [2.45, 2.75) is 32.5 Å². The maximum absolute atomic E-state index is 11.7. The molecule has 1 unspecified atom stereocenters. The summed E-state index contributed by atoms with van der Waals surface area (Å²) in [6.45, 7) is 3.11. The molecule has 2 rings (SSSR count). The second-order valence-corrected chi connectivity index (χ2v) is 4.26. The predicted octanol–water partition coefficient (Wildman–Crippen LogP) is 0.675. The van der Waals surface area contributed by atoms with Crippen molar-refractivity contribution in [3.8, 4) is 0 Å². The van der Waals surface area contributed by atoms with E-state index in [2.05, 4.69) is 15.4 Å². The van der Waals surface area contributed by atoms with Crippen LogP contribution in [0.1, 0.15) is 13.3 Å². The number of nitrogens with zero attached hydrogens (tertiary/aromatic N) is 4. The van der Waals surface area contributed by atoms with Gasteiger partial charge in [-0.25, -0.2) is 4.98 Å². The first-order chi connectivity index (χ1) is 8.74. The van der Waals surface area contributed by atoms with E-state index in [4.69, 9.17) is 0 Å². The van der Waals surface area contributed by atoms with Gasteiger partial charge in [0.05, 0.1) is 6.33 Å². The van der Waals surface area contributed by atoms with Gasteiger partial charge in [0, 0.05) is 37.4 Å². The van der Waals surface area contributed by atoms with E-state index in [9.17, 15) is 4.79 Å². The number of aryl methyl sites for hydroxylation is 1. The molecular weight excluding hydrogens is 230 g/mol. The van der Waals surface area contributed by atoms with Crippen LogP contribution < -0.4 is 5.32 Å². The minimum absolute atomic E-state index is 0.000894. The lowest BCUT2D eigenvalue weighted by Gasteiger charge is -2.14. The highest BCUT2D eigenvalue weighted by molar-refractivity contribution is 5.75. The Balaban J connectivity index is 1.70. The summed E-state index contributed by atoms with van der Waals surface area (Å²) in [6, 6.07) is 2.02. The van der Waals surface area contributed by atoms with E-state index in [-0.39, 0.29) is 11.9 Å². The molecule has 0 aliphatic carbocycles. The molecule has 0 aliphatic rings. The highest BCUT2D eigenvalue weighted by Gasteiger charge is 2.07. The van der Waals surface area contributed by atoms with Gasteiger partial charge in [0.2, 0.25) is 5.91 Å². The Labute approximate surface area is 106 Å². The zero-order valence-corrected chi connectivity index (χ0v) is 10.4. The van der Waals surface area contributed by atoms with Crippen LogP contribution in [0.5, 0.6) is 0 Å². The fourth-order valence-electron chi connectivity index (χ4n) is 1.70. The van der Waals surface area contributed by atoms with E-state index in [1.165, 1.54) is 0 Å². The highest BCUT2D eigenvalue weighted by atomic mass is 16.2. The Morgan fingerprint density at radius 1 is 1.39 bits per heavy atom. The Morgan fingerprint density at radius 2 is 2.28 bits per heavy atom. The van der Waals surface area contributed by atoms with E-state index in [1.54, 1.807) is 29.5 Å². The Kier molecular flexibility index (Phi) is 4.11. The number of hydrogen-bond acceptors (Lipinski definition) is 3. The number of carbonyl (C=O) groups is 1. The van der Waals surface area contributed by atoms with Gasteiger partial charge in [-0.05, 0) is 19.4 Å². The molecule has 1 N–H and O–H groups in total. The minimum Gasteiger partial charge on any atom is -0.352 e. The van der Waals surface area contributed by atoms with Gasteiger partial charge < -0.3 is 9.88 Å². The summed E-state index contributed by atoms with van der Waals surface area (Å²) >= 11 is 0. The van der Waals surface area contributed by atoms with Crippen molar-refractivity contribution < 1.29 is 4.79 Å². The van der Waals surface area contributed by atoms with Crippen molar-refractivity contribution in [3.63, 3.8) is 0 Å². The smallest absolute Gasteiger partial charge is 0.240 e. The molecule has 0 radical (unpaired) electrons. The van der Waals surface area contributed by atoms with Gasteiger partial charge >= 0.3 is 0 Å². The van der Waals surface area contributed by atoms with Crippen molar-refractivity contribution in [2.24, 2.45) is 0 Å². The second-order valence-electron chi connectivity index (χ2n) is 4.26. The molecule has 2 heterocycles. The van der Waals surface area contributed by atoms with Crippen LogP contribution in [-0.4, -0.2) is 31.3 Å². The molecule has 0 saturated heterocycles. The molecule has 1 amide bonds. The summed E-state index contributed by atoms with van der Waals surface area (Å²) in [5, 5.41) is 7.07. The Morgan fingerprint density at radius 3 is 2.94 bits per heavy atom. The van der Waals surface area contributed by atoms with Gasteiger partial charge in [0.25, 0.3) is 0 Å². The fraction of sp³-hybridized carbons (Fsp3) is 0.417. The summed E-state index contributed by atoms with van der Waals surface area (Å²) in [4.78, 5) is 15.6. The third-order valence-electron chi connectivity index (χ3n) is 2.64. The number of carbonyl (C=O) groups excluding carboxylic acids is 1. The molecule has 96 valence electrons. The maximum Gasteiger partial charge on any atom is 0.240 e. The Hall–Kier alpha value is -2.11. The first kappa shape index (κ1) is 12.3. The van der Waals surface area contributed by atoms with Crippen LogP contribution >= 0.6 is 0 Å². The van der Waals surface area contributed by atoms with Crippen molar-refractivity contribution >= 4 is 5.91 Å². The largest absolute Gasteiger partial charge is 0.352 e. The van der Waals surface area contributed by atoms with Gasteiger partial charge in [0.15, 0.2) is 0 Å². The van der Waals surface area contributed by atoms with Gasteiger partial charge in [-0.1, -0.05) is 0 Å². The molecule has 6 heteroatoms. The fourth-order valence-corrected chi connectivity index (χ4v) is 1.70. The number of hydrogen-bond donors (Lipinski definition) is 1. The van der Waals surface area contributed by atoms with Crippen molar-refractivity contribution in [1.82, 2.24) is 24.6 Å². The number of amides is 1. The molecule has 0 aliphatic heterocycles. The summed E-state index contributed by atoms with van der Waals surface area (Å²) in [7, 11) is 0. The van der Waals surface area contributed by atoms with Crippen LogP contribution in [0.15, 0.2) is 37.2 Å². The topological polar surface area (TPSA) is 64.7 Å². The zero-order chi connectivity index (χ0) is 12.8. The maximum atomic E-state index is 11.7. The van der Waals surface area contributed by atoms with Gasteiger partial charge in [-0.2, -0.15) is 5.10 Å². The third kappa shape index (κ3) is 3.73. The summed E-state index contributed by atoms with van der Waals surface area (Å²) < 4.78 is 3.61. The predicted molar refractivity (Wildman–Crippen MR) is 66.7 cm³/mol. The lowest BCUT2D eigenvalue weighted by atomic mass is 10.2. The van der Waals surface area contributed by atoms with Crippen LogP contribution in [-0.2, 0) is 17.9 Å². The van der Waals surface area contributed by atoms with Gasteiger partial charge in [0.1, 0.15) is 6.54 Å². The van der Waals surface area contributed by atoms with E-state index in [0.717, 1.165) is 13.0 Å². The van der Waals surface area contributed by atoms with Crippen LogP contribution in [0.25, 0.3) is 0 Å². The summed E-state index contributed by atoms with van der Waals surface area (Å²) in [5.41, 5.74) is 0. The number of imidazole rings is 1. The highest BCUT2D eigenvalue weighted by Crippen LogP contribution is 1.96. The van der Waals surface area contributed by atoms with Crippen molar-refractivity contribution in [2.75, 3.05) is 0 Å².